The van der Waals surface area contributed by atoms with Crippen molar-refractivity contribution >= 4 is 11.5 Å². The van der Waals surface area contributed by atoms with Crippen molar-refractivity contribution in [3.8, 4) is 0 Å². The van der Waals surface area contributed by atoms with Crippen LogP contribution in [0.2, 0.25) is 0 Å². The van der Waals surface area contributed by atoms with Crippen LogP contribution >= 0.6 is 0 Å². The first-order chi connectivity index (χ1) is 8.13. The maximum Gasteiger partial charge on any atom is 0.327 e. The number of benzene rings is 1. The molecule has 0 fully saturated rings. The van der Waals surface area contributed by atoms with Gasteiger partial charge in [0.25, 0.3) is 5.56 Å². The van der Waals surface area contributed by atoms with Crippen LogP contribution in [0.3, 0.4) is 0 Å². The highest BCUT2D eigenvalue weighted by Gasteiger charge is 1.97. The quantitative estimate of drug-likeness (QED) is 0.570. The molecule has 6 nitrogen and oxygen atoms in total. The first kappa shape index (κ1) is 11.0. The van der Waals surface area contributed by atoms with E-state index in [1.54, 1.807) is 12.1 Å². The summed E-state index contributed by atoms with van der Waals surface area (Å²) in [6.45, 7) is 0.500. The number of aromatic amines is 2. The summed E-state index contributed by atoms with van der Waals surface area (Å²) < 4.78 is 0. The molecule has 1 heterocycles. The van der Waals surface area contributed by atoms with Crippen LogP contribution in [0.1, 0.15) is 5.56 Å². The molecule has 0 saturated carbocycles. The van der Waals surface area contributed by atoms with Crippen molar-refractivity contribution in [2.45, 2.75) is 6.54 Å². The zero-order valence-corrected chi connectivity index (χ0v) is 8.99. The Morgan fingerprint density at radius 1 is 1.12 bits per heavy atom. The summed E-state index contributed by atoms with van der Waals surface area (Å²) in [6, 6.07) is 8.61. The van der Waals surface area contributed by atoms with Gasteiger partial charge >= 0.3 is 5.69 Å². The van der Waals surface area contributed by atoms with Crippen LogP contribution < -0.4 is 22.3 Å². The highest BCUT2D eigenvalue weighted by Crippen LogP contribution is 2.06. The van der Waals surface area contributed by atoms with E-state index in [-0.39, 0.29) is 0 Å². The van der Waals surface area contributed by atoms with E-state index < -0.39 is 11.2 Å². The van der Waals surface area contributed by atoms with Crippen LogP contribution in [0.4, 0.5) is 11.5 Å². The summed E-state index contributed by atoms with van der Waals surface area (Å²) >= 11 is 0. The zero-order chi connectivity index (χ0) is 12.3. The van der Waals surface area contributed by atoms with Crippen molar-refractivity contribution in [1.82, 2.24) is 9.97 Å². The fraction of sp³-hybridized carbons (Fsp3) is 0.0909. The lowest BCUT2D eigenvalue weighted by molar-refractivity contribution is 1.01. The highest BCUT2D eigenvalue weighted by atomic mass is 16.2. The largest absolute Gasteiger partial charge is 0.399 e. The Morgan fingerprint density at radius 2 is 1.82 bits per heavy atom. The van der Waals surface area contributed by atoms with Crippen LogP contribution in [0.25, 0.3) is 0 Å². The minimum Gasteiger partial charge on any atom is -0.399 e. The van der Waals surface area contributed by atoms with Gasteiger partial charge in [0.15, 0.2) is 0 Å². The van der Waals surface area contributed by atoms with Gasteiger partial charge in [-0.2, -0.15) is 0 Å². The number of H-pyrrole nitrogens is 2. The van der Waals surface area contributed by atoms with Crippen molar-refractivity contribution in [1.29, 1.82) is 0 Å². The SMILES string of the molecule is Nc1ccc(CNc2cc(=O)[nH]c(=O)[nH]2)cc1. The maximum atomic E-state index is 11.0. The Kier molecular flexibility index (Phi) is 2.95. The molecule has 5 N–H and O–H groups in total. The summed E-state index contributed by atoms with van der Waals surface area (Å²) in [6.07, 6.45) is 0. The highest BCUT2D eigenvalue weighted by molar-refractivity contribution is 5.41. The molecule has 1 aromatic carbocycles. The molecule has 0 saturated heterocycles. The molecule has 1 aromatic heterocycles. The number of aromatic nitrogens is 2. The molecule has 0 unspecified atom stereocenters. The van der Waals surface area contributed by atoms with Crippen molar-refractivity contribution in [3.63, 3.8) is 0 Å². The van der Waals surface area contributed by atoms with Crippen LogP contribution in [0.15, 0.2) is 39.9 Å². The lowest BCUT2D eigenvalue weighted by atomic mass is 10.2. The third kappa shape index (κ3) is 2.97. The first-order valence-electron chi connectivity index (χ1n) is 5.05. The Morgan fingerprint density at radius 3 is 2.47 bits per heavy atom. The maximum absolute atomic E-state index is 11.0. The molecule has 2 aromatic rings. The van der Waals surface area contributed by atoms with E-state index in [0.717, 1.165) is 5.56 Å². The predicted octanol–water partition coefficient (Wildman–Crippen LogP) is 0.257. The van der Waals surface area contributed by atoms with Gasteiger partial charge in [0.2, 0.25) is 0 Å². The number of anilines is 2. The van der Waals surface area contributed by atoms with E-state index in [9.17, 15) is 9.59 Å². The van der Waals surface area contributed by atoms with E-state index in [0.29, 0.717) is 18.1 Å². The van der Waals surface area contributed by atoms with Crippen LogP contribution in [-0.2, 0) is 6.54 Å². The number of nitrogen functional groups attached to an aromatic ring is 1. The van der Waals surface area contributed by atoms with Crippen LogP contribution in [-0.4, -0.2) is 9.97 Å². The second kappa shape index (κ2) is 4.56. The van der Waals surface area contributed by atoms with Gasteiger partial charge in [-0.05, 0) is 17.7 Å². The van der Waals surface area contributed by atoms with Gasteiger partial charge in [0.05, 0.1) is 0 Å². The number of hydrogen-bond donors (Lipinski definition) is 4. The third-order valence-electron chi connectivity index (χ3n) is 2.22. The van der Waals surface area contributed by atoms with Gasteiger partial charge in [-0.3, -0.25) is 14.8 Å². The summed E-state index contributed by atoms with van der Waals surface area (Å²) in [4.78, 5) is 26.6. The fourth-order valence-electron chi connectivity index (χ4n) is 1.40. The van der Waals surface area contributed by atoms with Gasteiger partial charge in [-0.1, -0.05) is 12.1 Å². The van der Waals surface area contributed by atoms with E-state index in [1.165, 1.54) is 6.07 Å². The van der Waals surface area contributed by atoms with Crippen LogP contribution in [0, 0.1) is 0 Å². The average Bonchev–Trinajstić information content (AvgIpc) is 2.27. The minimum atomic E-state index is -0.530. The van der Waals surface area contributed by atoms with Crippen LogP contribution in [0.5, 0.6) is 0 Å². The summed E-state index contributed by atoms with van der Waals surface area (Å²) in [7, 11) is 0. The first-order valence-corrected chi connectivity index (χ1v) is 5.05. The lowest BCUT2D eigenvalue weighted by Crippen LogP contribution is -2.22. The van der Waals surface area contributed by atoms with Gasteiger partial charge in [0.1, 0.15) is 5.82 Å². The molecule has 0 aliphatic carbocycles. The second-order valence-electron chi connectivity index (χ2n) is 3.60. The van der Waals surface area contributed by atoms with E-state index in [4.69, 9.17) is 5.73 Å². The number of nitrogens with two attached hydrogens (primary N) is 1. The molecule has 17 heavy (non-hydrogen) atoms. The molecule has 6 heteroatoms. The predicted molar refractivity (Wildman–Crippen MR) is 65.9 cm³/mol. The molecule has 0 aliphatic rings. The molecule has 0 bridgehead atoms. The number of rotatable bonds is 3. The molecular formula is C11H12N4O2. The molecule has 2 rings (SSSR count). The van der Waals surface area contributed by atoms with Gasteiger partial charge in [-0.25, -0.2) is 4.79 Å². The van der Waals surface area contributed by atoms with Gasteiger partial charge in [-0.15, -0.1) is 0 Å². The second-order valence-corrected chi connectivity index (χ2v) is 3.60. The molecule has 0 spiro atoms. The molecular weight excluding hydrogens is 220 g/mol. The summed E-state index contributed by atoms with van der Waals surface area (Å²) in [5, 5.41) is 2.95. The molecule has 0 radical (unpaired) electrons. The minimum absolute atomic E-state index is 0.385. The Hall–Kier alpha value is -2.50. The van der Waals surface area contributed by atoms with Crippen molar-refractivity contribution in [3.05, 3.63) is 56.7 Å². The normalized spacial score (nSPS) is 10.1. The standard InChI is InChI=1S/C11H12N4O2/c12-8-3-1-7(2-4-8)6-13-9-5-10(16)15-11(17)14-9/h1-5H,6,12H2,(H3,13,14,15,16,17). The van der Waals surface area contributed by atoms with Gasteiger partial charge in [0, 0.05) is 18.3 Å². The lowest BCUT2D eigenvalue weighted by Gasteiger charge is -2.05. The average molecular weight is 232 g/mol. The topological polar surface area (TPSA) is 104 Å². The molecule has 0 aliphatic heterocycles. The summed E-state index contributed by atoms with van der Waals surface area (Å²) in [5.74, 6) is 0.385. The summed E-state index contributed by atoms with van der Waals surface area (Å²) in [5.41, 5.74) is 6.29. The van der Waals surface area contributed by atoms with E-state index >= 15 is 0 Å². The molecule has 0 amide bonds. The van der Waals surface area contributed by atoms with Crippen molar-refractivity contribution < 1.29 is 0 Å². The van der Waals surface area contributed by atoms with Gasteiger partial charge < -0.3 is 11.1 Å². The molecule has 0 atom stereocenters. The monoisotopic (exact) mass is 232 g/mol. The third-order valence-corrected chi connectivity index (χ3v) is 2.22. The van der Waals surface area contributed by atoms with Crippen molar-refractivity contribution in [2.24, 2.45) is 0 Å². The van der Waals surface area contributed by atoms with Crippen molar-refractivity contribution in [2.75, 3.05) is 11.1 Å². The Labute approximate surface area is 96.5 Å². The molecule has 88 valence electrons. The van der Waals surface area contributed by atoms with E-state index in [2.05, 4.69) is 15.3 Å². The number of nitrogens with one attached hydrogen (secondary N) is 3. The smallest absolute Gasteiger partial charge is 0.327 e. The zero-order valence-electron chi connectivity index (χ0n) is 8.99. The Balaban J connectivity index is 2.09. The fourth-order valence-corrected chi connectivity index (χ4v) is 1.40. The number of hydrogen-bond acceptors (Lipinski definition) is 4. The van der Waals surface area contributed by atoms with E-state index in [1.807, 2.05) is 12.1 Å². The Bertz CT molecular complexity index is 584.